The summed E-state index contributed by atoms with van der Waals surface area (Å²) in [7, 11) is 1.57. The molecule has 0 aromatic rings. The van der Waals surface area contributed by atoms with Gasteiger partial charge in [-0.2, -0.15) is 9.69 Å². The molecule has 0 aromatic heterocycles. The molecule has 0 atom stereocenters. The Morgan fingerprint density at radius 2 is 1.48 bits per heavy atom. The molecule has 134 valence electrons. The number of hydrogen-bond donors (Lipinski definition) is 1. The minimum Gasteiger partial charge on any atom is -0.245 e. The Kier molecular flexibility index (Phi) is 4.18. The van der Waals surface area contributed by atoms with Gasteiger partial charge in [0.2, 0.25) is 0 Å². The molecular weight excluding hydrogens is 332 g/mol. The summed E-state index contributed by atoms with van der Waals surface area (Å²) in [5, 5.41) is 9.96. The molecule has 4 amide bonds. The smallest absolute Gasteiger partial charge is 0.245 e. The molecule has 9 nitrogen and oxygen atoms in total. The second kappa shape index (κ2) is 5.94. The summed E-state index contributed by atoms with van der Waals surface area (Å²) in [6, 6.07) is -0.230. The van der Waals surface area contributed by atoms with Crippen molar-refractivity contribution in [3.8, 4) is 0 Å². The van der Waals surface area contributed by atoms with Gasteiger partial charge in [0.25, 0.3) is 0 Å². The first kappa shape index (κ1) is 17.6. The zero-order valence-corrected chi connectivity index (χ0v) is 13.8. The summed E-state index contributed by atoms with van der Waals surface area (Å²) in [5.74, 6) is -3.67. The molecular formula is C16H20N2O7+2. The summed E-state index contributed by atoms with van der Waals surface area (Å²) >= 11 is 0. The average molecular weight is 352 g/mol. The van der Waals surface area contributed by atoms with Crippen LogP contribution in [0.15, 0.2) is 12.2 Å². The van der Waals surface area contributed by atoms with E-state index in [0.29, 0.717) is 25.7 Å². The number of amides is 4. The van der Waals surface area contributed by atoms with Crippen molar-refractivity contribution in [2.24, 2.45) is 5.92 Å². The van der Waals surface area contributed by atoms with E-state index in [1.54, 1.807) is 7.05 Å². The van der Waals surface area contributed by atoms with E-state index in [0.717, 1.165) is 0 Å². The van der Waals surface area contributed by atoms with E-state index in [9.17, 15) is 29.2 Å². The number of hydrogen-bond acceptors (Lipinski definition) is 7. The zero-order valence-electron chi connectivity index (χ0n) is 13.8. The molecule has 0 unspecified atom stereocenters. The van der Waals surface area contributed by atoms with E-state index >= 15 is 0 Å². The highest BCUT2D eigenvalue weighted by Gasteiger charge is 2.56. The predicted octanol–water partition coefficient (Wildman–Crippen LogP) is 0.126. The maximum absolute atomic E-state index is 12.2. The van der Waals surface area contributed by atoms with Crippen LogP contribution >= 0.6 is 0 Å². The van der Waals surface area contributed by atoms with Gasteiger partial charge in [0.1, 0.15) is 10.9 Å². The van der Waals surface area contributed by atoms with Crippen molar-refractivity contribution in [1.29, 1.82) is 0 Å². The van der Waals surface area contributed by atoms with Crippen LogP contribution in [0.2, 0.25) is 0 Å². The van der Waals surface area contributed by atoms with Gasteiger partial charge in [-0.25, -0.2) is 28.8 Å². The molecule has 0 spiro atoms. The molecule has 2 aliphatic heterocycles. The lowest BCUT2D eigenvalue weighted by Gasteiger charge is -2.36. The minimum atomic E-state index is -1.91. The Hall–Kier alpha value is -2.23. The van der Waals surface area contributed by atoms with Gasteiger partial charge in [-0.1, -0.05) is 0 Å². The third-order valence-corrected chi connectivity index (χ3v) is 5.50. The molecule has 0 aromatic carbocycles. The molecule has 9 heteroatoms. The van der Waals surface area contributed by atoms with Crippen LogP contribution in [0.5, 0.6) is 0 Å². The van der Waals surface area contributed by atoms with Crippen LogP contribution < -0.4 is 0 Å². The first-order valence-corrected chi connectivity index (χ1v) is 8.25. The van der Waals surface area contributed by atoms with Crippen LogP contribution in [0.3, 0.4) is 0 Å². The maximum Gasteiger partial charge on any atom is 0.397 e. The van der Waals surface area contributed by atoms with Gasteiger partial charge >= 0.3 is 29.6 Å². The lowest BCUT2D eigenvalue weighted by atomic mass is 9.84. The molecule has 0 radical (unpaired) electrons. The van der Waals surface area contributed by atoms with Crippen molar-refractivity contribution in [3.05, 3.63) is 12.2 Å². The van der Waals surface area contributed by atoms with E-state index in [1.165, 1.54) is 12.2 Å². The van der Waals surface area contributed by atoms with Crippen LogP contribution in [0.1, 0.15) is 38.5 Å². The summed E-state index contributed by atoms with van der Waals surface area (Å²) in [6.45, 7) is 0. The summed E-state index contributed by atoms with van der Waals surface area (Å²) in [4.78, 5) is 62.4. The highest BCUT2D eigenvalue weighted by molar-refractivity contribution is 6.04. The number of nitrogens with zero attached hydrogens (tertiary/aromatic N) is 2. The first-order chi connectivity index (χ1) is 11.7. The second-order valence-electron chi connectivity index (χ2n) is 6.86. The average Bonchev–Trinajstić information content (AvgIpc) is 3.00. The lowest BCUT2D eigenvalue weighted by molar-refractivity contribution is -1.12. The van der Waals surface area contributed by atoms with Crippen molar-refractivity contribution < 1.29 is 43.3 Å². The quantitative estimate of drug-likeness (QED) is 0.436. The van der Waals surface area contributed by atoms with Crippen molar-refractivity contribution in [2.75, 3.05) is 7.05 Å². The molecule has 3 rings (SSSR count). The highest BCUT2D eigenvalue weighted by Crippen LogP contribution is 2.34. The molecule has 2 fully saturated rings. The minimum absolute atomic E-state index is 0.164. The number of hydroxylamine groups is 4. The predicted molar refractivity (Wildman–Crippen MR) is 78.5 cm³/mol. The molecule has 1 saturated carbocycles. The van der Waals surface area contributed by atoms with Crippen LogP contribution in [0.4, 0.5) is 0 Å². The largest absolute Gasteiger partial charge is 0.397 e. The standard InChI is InChI=1S/C16H20N2O7/c1-17(12(19)6-7-13(17)20)11-4-2-10(3-5-11)16(23)25-18(24)14(21)8-9-15(18)22/h6-7,10-11,24H,2-5,8-9H2,1H3/q+2. The molecule has 0 bridgehead atoms. The number of carbonyl (C=O) groups is 5. The van der Waals surface area contributed by atoms with E-state index in [-0.39, 0.29) is 35.2 Å². The maximum atomic E-state index is 12.2. The zero-order chi connectivity index (χ0) is 18.4. The van der Waals surface area contributed by atoms with Crippen LogP contribution in [0, 0.1) is 5.92 Å². The molecule has 1 aliphatic carbocycles. The second-order valence-corrected chi connectivity index (χ2v) is 6.86. The normalized spacial score (nSPS) is 30.8. The van der Waals surface area contributed by atoms with Crippen molar-refractivity contribution in [2.45, 2.75) is 44.6 Å². The monoisotopic (exact) mass is 352 g/mol. The van der Waals surface area contributed by atoms with E-state index in [2.05, 4.69) is 0 Å². The SMILES string of the molecule is C[N+]1(C2CCC(C(=O)O[N+]3(O)C(=O)CCC3=O)CC2)C(=O)C=CC1=O. The van der Waals surface area contributed by atoms with E-state index in [1.807, 2.05) is 0 Å². The Morgan fingerprint density at radius 3 is 1.96 bits per heavy atom. The van der Waals surface area contributed by atoms with Gasteiger partial charge in [-0.3, -0.25) is 0 Å². The van der Waals surface area contributed by atoms with E-state index in [4.69, 9.17) is 4.84 Å². The Labute approximate surface area is 143 Å². The van der Waals surface area contributed by atoms with Gasteiger partial charge < -0.3 is 0 Å². The number of likely N-dealkylation sites (N-methyl/N-ethyl adjacent to an activating group) is 1. The van der Waals surface area contributed by atoms with Crippen molar-refractivity contribution >= 4 is 29.6 Å². The number of carbonyl (C=O) groups excluding carboxylic acids is 5. The third kappa shape index (κ3) is 2.64. The fourth-order valence-electron chi connectivity index (χ4n) is 3.71. The summed E-state index contributed by atoms with van der Waals surface area (Å²) < 4.78 is -0.321. The number of rotatable bonds is 3. The fraction of sp³-hybridized carbons (Fsp3) is 0.562. The van der Waals surface area contributed by atoms with Gasteiger partial charge in [-0.15, -0.1) is 0 Å². The van der Waals surface area contributed by atoms with Gasteiger partial charge in [0, 0.05) is 12.8 Å². The highest BCUT2D eigenvalue weighted by atomic mass is 17.0. The fourth-order valence-corrected chi connectivity index (χ4v) is 3.71. The van der Waals surface area contributed by atoms with Crippen LogP contribution in [-0.2, 0) is 28.8 Å². The number of quaternary nitrogens is 2. The lowest BCUT2D eigenvalue weighted by Crippen LogP contribution is -2.58. The van der Waals surface area contributed by atoms with Crippen molar-refractivity contribution in [3.63, 3.8) is 0 Å². The van der Waals surface area contributed by atoms with Crippen LogP contribution in [0.25, 0.3) is 0 Å². The molecule has 1 N–H and O–H groups in total. The molecule has 1 saturated heterocycles. The van der Waals surface area contributed by atoms with Gasteiger partial charge in [-0.05, 0) is 12.8 Å². The third-order valence-electron chi connectivity index (χ3n) is 5.50. The van der Waals surface area contributed by atoms with Gasteiger partial charge in [0.15, 0.2) is 0 Å². The topological polar surface area (TPSA) is 115 Å². The Balaban J connectivity index is 1.62. The first-order valence-electron chi connectivity index (χ1n) is 8.25. The summed E-state index contributed by atoms with van der Waals surface area (Å²) in [5.41, 5.74) is 0. The molecule has 3 aliphatic rings. The summed E-state index contributed by atoms with van der Waals surface area (Å²) in [6.07, 6.45) is 3.80. The van der Waals surface area contributed by atoms with Crippen molar-refractivity contribution in [1.82, 2.24) is 0 Å². The van der Waals surface area contributed by atoms with E-state index < -0.39 is 28.5 Å². The van der Waals surface area contributed by atoms with Gasteiger partial charge in [0.05, 0.1) is 38.0 Å². The molecule has 2 heterocycles. The van der Waals surface area contributed by atoms with Crippen LogP contribution in [-0.4, -0.2) is 57.2 Å². The Bertz CT molecular complexity index is 669. The number of imide groups is 2. The Morgan fingerprint density at radius 1 is 1.00 bits per heavy atom. The molecule has 25 heavy (non-hydrogen) atoms.